The smallest absolute Gasteiger partial charge is 0.222 e. The van der Waals surface area contributed by atoms with Crippen LogP contribution < -0.4 is 4.74 Å². The lowest BCUT2D eigenvalue weighted by molar-refractivity contribution is -0.164. The fraction of sp³-hybridized carbons (Fsp3) is 0.731. The summed E-state index contributed by atoms with van der Waals surface area (Å²) >= 11 is 0. The van der Waals surface area contributed by atoms with Crippen LogP contribution in [0.5, 0.6) is 5.75 Å². The van der Waals surface area contributed by atoms with Crippen LogP contribution in [0.4, 0.5) is 0 Å². The first kappa shape index (κ1) is 19.5. The minimum absolute atomic E-state index is 0.291. The van der Waals surface area contributed by atoms with Crippen LogP contribution in [-0.2, 0) is 4.79 Å². The molecule has 158 valence electrons. The molecule has 0 radical (unpaired) electrons. The minimum atomic E-state index is 0.291. The number of likely N-dealkylation sites (tertiary alicyclic amines) is 1. The number of hydrogen-bond acceptors (Lipinski definition) is 2. The summed E-state index contributed by atoms with van der Waals surface area (Å²) in [5, 5.41) is 0. The van der Waals surface area contributed by atoms with Crippen LogP contribution in [0.25, 0.3) is 0 Å². The van der Waals surface area contributed by atoms with Crippen LogP contribution in [0.1, 0.15) is 65.7 Å². The molecule has 3 saturated carbocycles. The average Bonchev–Trinajstić information content (AvgIpc) is 3.03. The van der Waals surface area contributed by atoms with Gasteiger partial charge >= 0.3 is 0 Å². The summed E-state index contributed by atoms with van der Waals surface area (Å²) in [7, 11) is 2.06. The van der Waals surface area contributed by atoms with Gasteiger partial charge in [0.15, 0.2) is 0 Å². The molecule has 3 nitrogen and oxygen atoms in total. The highest BCUT2D eigenvalue weighted by Crippen LogP contribution is 2.66. The van der Waals surface area contributed by atoms with Crippen molar-refractivity contribution in [3.05, 3.63) is 30.3 Å². The van der Waals surface area contributed by atoms with Crippen molar-refractivity contribution in [1.82, 2.24) is 4.90 Å². The molecule has 1 aromatic rings. The van der Waals surface area contributed by atoms with Crippen molar-refractivity contribution >= 4 is 5.91 Å². The Balaban J connectivity index is 1.41. The van der Waals surface area contributed by atoms with E-state index in [-0.39, 0.29) is 0 Å². The van der Waals surface area contributed by atoms with E-state index >= 15 is 0 Å². The van der Waals surface area contributed by atoms with Crippen LogP contribution in [0.2, 0.25) is 0 Å². The molecule has 29 heavy (non-hydrogen) atoms. The van der Waals surface area contributed by atoms with E-state index in [1.165, 1.54) is 32.1 Å². The number of benzene rings is 1. The summed E-state index contributed by atoms with van der Waals surface area (Å²) in [5.41, 5.74) is 0.702. The van der Waals surface area contributed by atoms with Gasteiger partial charge < -0.3 is 9.64 Å². The molecule has 4 fully saturated rings. The highest BCUT2D eigenvalue weighted by atomic mass is 16.5. The predicted molar refractivity (Wildman–Crippen MR) is 116 cm³/mol. The summed E-state index contributed by atoms with van der Waals surface area (Å²) in [6, 6.07) is 10.8. The third-order valence-corrected chi connectivity index (χ3v) is 9.71. The van der Waals surface area contributed by atoms with Gasteiger partial charge in [-0.25, -0.2) is 0 Å². The van der Waals surface area contributed by atoms with E-state index in [1.807, 2.05) is 0 Å². The van der Waals surface area contributed by atoms with E-state index in [9.17, 15) is 4.79 Å². The Bertz CT molecular complexity index is 778. The molecule has 4 aliphatic rings. The monoisotopic (exact) mass is 395 g/mol. The zero-order valence-corrected chi connectivity index (χ0v) is 18.6. The first-order valence-electron chi connectivity index (χ1n) is 11.8. The van der Waals surface area contributed by atoms with Gasteiger partial charge in [0.05, 0.1) is 6.10 Å². The maximum absolute atomic E-state index is 12.4. The second-order valence-electron chi connectivity index (χ2n) is 11.2. The zero-order chi connectivity index (χ0) is 20.4. The van der Waals surface area contributed by atoms with Gasteiger partial charge in [0.1, 0.15) is 5.75 Å². The molecular formula is C26H37NO2. The van der Waals surface area contributed by atoms with Crippen LogP contribution in [0, 0.1) is 34.5 Å². The lowest BCUT2D eigenvalue weighted by Crippen LogP contribution is -2.62. The molecule has 3 heteroatoms. The van der Waals surface area contributed by atoms with Gasteiger partial charge in [0.25, 0.3) is 0 Å². The second-order valence-corrected chi connectivity index (χ2v) is 11.2. The van der Waals surface area contributed by atoms with Crippen molar-refractivity contribution in [3.63, 3.8) is 0 Å². The van der Waals surface area contributed by atoms with Crippen LogP contribution in [0.15, 0.2) is 30.3 Å². The molecule has 0 spiro atoms. The van der Waals surface area contributed by atoms with Gasteiger partial charge in [-0.3, -0.25) is 4.79 Å². The van der Waals surface area contributed by atoms with Gasteiger partial charge in [-0.15, -0.1) is 0 Å². The molecular weight excluding hydrogens is 358 g/mol. The fourth-order valence-corrected chi connectivity index (χ4v) is 8.24. The Hall–Kier alpha value is -1.51. The van der Waals surface area contributed by atoms with Gasteiger partial charge in [-0.1, -0.05) is 39.0 Å². The Morgan fingerprint density at radius 1 is 1.07 bits per heavy atom. The Kier molecular flexibility index (Phi) is 4.53. The van der Waals surface area contributed by atoms with E-state index < -0.39 is 0 Å². The number of carbonyl (C=O) groups excluding carboxylic acids is 1. The summed E-state index contributed by atoms with van der Waals surface area (Å²) in [5.74, 6) is 4.35. The van der Waals surface area contributed by atoms with Crippen molar-refractivity contribution in [2.45, 2.75) is 77.9 Å². The molecule has 5 unspecified atom stereocenters. The number of fused-ring (bicyclic) bond motifs is 5. The van der Waals surface area contributed by atoms with Crippen LogP contribution >= 0.6 is 0 Å². The van der Waals surface area contributed by atoms with E-state index in [1.54, 1.807) is 0 Å². The summed E-state index contributed by atoms with van der Waals surface area (Å²) in [4.78, 5) is 14.5. The summed E-state index contributed by atoms with van der Waals surface area (Å²) in [6.07, 6.45) is 8.39. The molecule has 1 saturated heterocycles. The molecule has 0 bridgehead atoms. The van der Waals surface area contributed by atoms with Gasteiger partial charge in [-0.05, 0) is 85.2 Å². The Labute approximate surface area is 176 Å². The number of nitrogens with zero attached hydrogens (tertiary/aromatic N) is 1. The second kappa shape index (κ2) is 6.75. The number of amides is 1. The Morgan fingerprint density at radius 3 is 2.59 bits per heavy atom. The molecule has 1 aromatic carbocycles. The third-order valence-electron chi connectivity index (χ3n) is 9.71. The van der Waals surface area contributed by atoms with Gasteiger partial charge in [-0.2, -0.15) is 0 Å². The quantitative estimate of drug-likeness (QED) is 0.658. The number of hydrogen-bond donors (Lipinski definition) is 0. The van der Waals surface area contributed by atoms with Crippen LogP contribution in [0.3, 0.4) is 0 Å². The average molecular weight is 396 g/mol. The van der Waals surface area contributed by atoms with Crippen LogP contribution in [-0.4, -0.2) is 30.0 Å². The lowest BCUT2D eigenvalue weighted by atomic mass is 9.45. The number of carbonyl (C=O) groups is 1. The molecule has 1 aliphatic heterocycles. The molecule has 1 heterocycles. The van der Waals surface area contributed by atoms with Crippen molar-refractivity contribution in [3.8, 4) is 5.75 Å². The number of piperidine rings is 1. The summed E-state index contributed by atoms with van der Waals surface area (Å²) < 4.78 is 6.46. The Morgan fingerprint density at radius 2 is 1.83 bits per heavy atom. The van der Waals surface area contributed by atoms with Crippen molar-refractivity contribution < 1.29 is 9.53 Å². The number of ether oxygens (including phenoxy) is 1. The number of para-hydroxylation sites is 1. The normalized spacial score (nSPS) is 46.6. The highest BCUT2D eigenvalue weighted by molar-refractivity contribution is 5.77. The largest absolute Gasteiger partial charge is 0.490 e. The fourth-order valence-electron chi connectivity index (χ4n) is 8.24. The number of rotatable bonds is 2. The van der Waals surface area contributed by atoms with E-state index in [4.69, 9.17) is 4.74 Å². The van der Waals surface area contributed by atoms with Crippen molar-refractivity contribution in [2.24, 2.45) is 34.5 Å². The topological polar surface area (TPSA) is 29.5 Å². The third kappa shape index (κ3) is 2.94. The molecule has 0 N–H and O–H groups in total. The molecule has 5 rings (SSSR count). The van der Waals surface area contributed by atoms with E-state index in [2.05, 4.69) is 63.1 Å². The highest BCUT2D eigenvalue weighted by Gasteiger charge is 2.62. The minimum Gasteiger partial charge on any atom is -0.490 e. The first-order chi connectivity index (χ1) is 13.8. The van der Waals surface area contributed by atoms with E-state index in [0.717, 1.165) is 36.3 Å². The van der Waals surface area contributed by atoms with Crippen molar-refractivity contribution in [2.75, 3.05) is 7.05 Å². The van der Waals surface area contributed by atoms with Gasteiger partial charge in [0, 0.05) is 19.5 Å². The van der Waals surface area contributed by atoms with Gasteiger partial charge in [0.2, 0.25) is 5.91 Å². The molecule has 1 amide bonds. The predicted octanol–water partition coefficient (Wildman–Crippen LogP) is 5.54. The lowest BCUT2D eigenvalue weighted by Gasteiger charge is -2.63. The molecule has 0 aromatic heterocycles. The maximum Gasteiger partial charge on any atom is 0.222 e. The maximum atomic E-state index is 12.4. The SMILES string of the molecule is CC1CC2N(C)C(=O)CC[C@]2(C)C2CC[C@]3(C)C[C@@H](Oc4ccccc4)CC3C12. The molecule has 3 aliphatic carbocycles. The zero-order valence-electron chi connectivity index (χ0n) is 18.6. The van der Waals surface area contributed by atoms with Crippen molar-refractivity contribution in [1.29, 1.82) is 0 Å². The first-order valence-corrected chi connectivity index (χ1v) is 11.8. The summed E-state index contributed by atoms with van der Waals surface area (Å²) in [6.45, 7) is 7.53. The molecule has 8 atom stereocenters. The van der Waals surface area contributed by atoms with E-state index in [0.29, 0.717) is 34.8 Å². The standard InChI is InChI=1S/C26H37NO2/c1-17-14-22-26(3,13-11-23(28)27(22)4)20-10-12-25(2)16-19(15-21(25)24(17)20)29-18-8-6-5-7-9-18/h5-9,17,19-22,24H,10-16H2,1-4H3/t17?,19-,20?,21?,22?,24?,25+,26+/m0/s1.